The Morgan fingerprint density at radius 3 is 2.35 bits per heavy atom. The lowest BCUT2D eigenvalue weighted by Crippen LogP contribution is -2.53. The molecule has 1 unspecified atom stereocenters. The third kappa shape index (κ3) is 3.32. The van der Waals surface area contributed by atoms with E-state index in [9.17, 15) is 19.1 Å². The maximum absolute atomic E-state index is 13.1. The molecule has 6 heteroatoms. The van der Waals surface area contributed by atoms with Gasteiger partial charge in [0, 0.05) is 16.7 Å². The monoisotopic (exact) mass is 357 g/mol. The van der Waals surface area contributed by atoms with Gasteiger partial charge >= 0.3 is 0 Å². The Labute approximate surface area is 150 Å². The van der Waals surface area contributed by atoms with Gasteiger partial charge in [-0.3, -0.25) is 9.59 Å². The summed E-state index contributed by atoms with van der Waals surface area (Å²) >= 11 is 0. The first-order valence-corrected chi connectivity index (χ1v) is 8.27. The van der Waals surface area contributed by atoms with Gasteiger partial charge in [0.1, 0.15) is 23.3 Å². The molecule has 26 heavy (non-hydrogen) atoms. The highest BCUT2D eigenvalue weighted by molar-refractivity contribution is 5.95. The molecule has 1 aliphatic heterocycles. The largest absolute Gasteiger partial charge is 0.485 e. The minimum absolute atomic E-state index is 0.129. The van der Waals surface area contributed by atoms with Crippen LogP contribution in [0.4, 0.5) is 4.39 Å². The average molecular weight is 357 g/mol. The number of aliphatic hydroxyl groups excluding tert-OH is 1. The van der Waals surface area contributed by atoms with E-state index < -0.39 is 29.5 Å². The van der Waals surface area contributed by atoms with Crippen molar-refractivity contribution in [2.24, 2.45) is 0 Å². The number of fused-ring (bicyclic) bond motifs is 1. The van der Waals surface area contributed by atoms with Crippen LogP contribution in [0.25, 0.3) is 0 Å². The minimum Gasteiger partial charge on any atom is -0.485 e. The first-order chi connectivity index (χ1) is 12.2. The van der Waals surface area contributed by atoms with E-state index in [1.807, 2.05) is 0 Å². The fourth-order valence-electron chi connectivity index (χ4n) is 3.00. The molecule has 1 amide bonds. The molecule has 2 atom stereocenters. The maximum Gasteiger partial charge on any atom is 0.251 e. The van der Waals surface area contributed by atoms with Gasteiger partial charge in [-0.05, 0) is 63.2 Å². The lowest BCUT2D eigenvalue weighted by Gasteiger charge is -2.42. The number of ketones is 1. The van der Waals surface area contributed by atoms with Gasteiger partial charge in [-0.25, -0.2) is 4.39 Å². The Morgan fingerprint density at radius 2 is 1.73 bits per heavy atom. The van der Waals surface area contributed by atoms with Gasteiger partial charge in [-0.15, -0.1) is 0 Å². The van der Waals surface area contributed by atoms with Crippen molar-refractivity contribution in [1.82, 2.24) is 5.32 Å². The van der Waals surface area contributed by atoms with Crippen molar-refractivity contribution < 1.29 is 23.8 Å². The van der Waals surface area contributed by atoms with E-state index in [2.05, 4.69) is 5.32 Å². The minimum atomic E-state index is -1.04. The Morgan fingerprint density at radius 1 is 1.12 bits per heavy atom. The second-order valence-electron chi connectivity index (χ2n) is 6.92. The van der Waals surface area contributed by atoms with Crippen molar-refractivity contribution in [3.63, 3.8) is 0 Å². The van der Waals surface area contributed by atoms with E-state index in [0.29, 0.717) is 16.9 Å². The topological polar surface area (TPSA) is 75.6 Å². The first kappa shape index (κ1) is 18.1. The van der Waals surface area contributed by atoms with Crippen LogP contribution in [0.1, 0.15) is 53.1 Å². The molecule has 0 aliphatic carbocycles. The molecule has 0 spiro atoms. The molecule has 5 nitrogen and oxygen atoms in total. The highest BCUT2D eigenvalue weighted by atomic mass is 19.1. The number of Topliss-reactive ketones (excluding diaryl/α,β-unsaturated/α-hetero) is 1. The van der Waals surface area contributed by atoms with Gasteiger partial charge in [0.15, 0.2) is 5.78 Å². The molecule has 1 heterocycles. The quantitative estimate of drug-likeness (QED) is 0.828. The van der Waals surface area contributed by atoms with Crippen molar-refractivity contribution in [2.75, 3.05) is 0 Å². The van der Waals surface area contributed by atoms with Gasteiger partial charge in [-0.1, -0.05) is 0 Å². The van der Waals surface area contributed by atoms with Crippen LogP contribution in [0.5, 0.6) is 5.75 Å². The summed E-state index contributed by atoms with van der Waals surface area (Å²) in [7, 11) is 0. The third-order valence-corrected chi connectivity index (χ3v) is 4.55. The summed E-state index contributed by atoms with van der Waals surface area (Å²) < 4.78 is 18.9. The van der Waals surface area contributed by atoms with E-state index in [1.54, 1.807) is 32.0 Å². The van der Waals surface area contributed by atoms with Crippen LogP contribution >= 0.6 is 0 Å². The molecule has 136 valence electrons. The van der Waals surface area contributed by atoms with Crippen LogP contribution in [0, 0.1) is 5.82 Å². The molecule has 3 rings (SSSR count). The number of amides is 1. The molecule has 2 aromatic carbocycles. The molecule has 2 N–H and O–H groups in total. The number of aliphatic hydroxyl groups is 1. The molecular weight excluding hydrogens is 337 g/mol. The van der Waals surface area contributed by atoms with Crippen molar-refractivity contribution >= 4 is 11.7 Å². The van der Waals surface area contributed by atoms with E-state index >= 15 is 0 Å². The fraction of sp³-hybridized carbons (Fsp3) is 0.300. The van der Waals surface area contributed by atoms with E-state index in [-0.39, 0.29) is 11.3 Å². The highest BCUT2D eigenvalue weighted by Crippen LogP contribution is 2.40. The van der Waals surface area contributed by atoms with Crippen molar-refractivity contribution in [1.29, 1.82) is 0 Å². The van der Waals surface area contributed by atoms with Crippen LogP contribution in [-0.2, 0) is 0 Å². The highest BCUT2D eigenvalue weighted by Gasteiger charge is 2.43. The standard InChI is InChI=1S/C20H20FNO4/c1-11(23)13-6-9-16-15(10-13)17(18(24)20(2,3)26-16)22-19(25)12-4-7-14(21)8-5-12/h4-10,17-18,24H,1-3H3,(H,22,25)/t17-,18?/m1/s1. The number of carbonyl (C=O) groups is 2. The average Bonchev–Trinajstić information content (AvgIpc) is 2.58. The molecular formula is C20H20FNO4. The van der Waals surface area contributed by atoms with Crippen LogP contribution in [0.2, 0.25) is 0 Å². The summed E-state index contributed by atoms with van der Waals surface area (Å²) in [4.78, 5) is 24.3. The van der Waals surface area contributed by atoms with Gasteiger partial charge in [0.05, 0.1) is 6.04 Å². The summed E-state index contributed by atoms with van der Waals surface area (Å²) in [5, 5.41) is 13.5. The van der Waals surface area contributed by atoms with Crippen LogP contribution in [0.3, 0.4) is 0 Å². The summed E-state index contributed by atoms with van der Waals surface area (Å²) in [6, 6.07) is 9.28. The number of halogens is 1. The lowest BCUT2D eigenvalue weighted by molar-refractivity contribution is -0.0627. The molecule has 0 saturated carbocycles. The smallest absolute Gasteiger partial charge is 0.251 e. The Kier molecular flexibility index (Phi) is 4.54. The molecule has 0 aromatic heterocycles. The number of benzene rings is 2. The zero-order chi connectivity index (χ0) is 19.1. The van der Waals surface area contributed by atoms with E-state index in [1.165, 1.54) is 31.2 Å². The Bertz CT molecular complexity index is 861. The summed E-state index contributed by atoms with van der Waals surface area (Å²) in [6.45, 7) is 4.88. The second-order valence-corrected chi connectivity index (χ2v) is 6.92. The fourth-order valence-corrected chi connectivity index (χ4v) is 3.00. The van der Waals surface area contributed by atoms with Gasteiger partial charge in [0.2, 0.25) is 0 Å². The predicted octanol–water partition coefficient (Wildman–Crippen LogP) is 3.03. The molecule has 0 bridgehead atoms. The van der Waals surface area contributed by atoms with Gasteiger partial charge in [-0.2, -0.15) is 0 Å². The number of hydrogen-bond donors (Lipinski definition) is 2. The molecule has 2 aromatic rings. The number of hydrogen-bond acceptors (Lipinski definition) is 4. The summed E-state index contributed by atoms with van der Waals surface area (Å²) in [6.07, 6.45) is -1.04. The number of nitrogens with one attached hydrogen (secondary N) is 1. The number of rotatable bonds is 3. The second kappa shape index (κ2) is 6.53. The van der Waals surface area contributed by atoms with Crippen LogP contribution < -0.4 is 10.1 Å². The van der Waals surface area contributed by atoms with Crippen molar-refractivity contribution in [2.45, 2.75) is 38.5 Å². The molecule has 1 aliphatic rings. The van der Waals surface area contributed by atoms with E-state index in [4.69, 9.17) is 4.74 Å². The zero-order valence-corrected chi connectivity index (χ0v) is 14.7. The van der Waals surface area contributed by atoms with Crippen LogP contribution in [-0.4, -0.2) is 28.5 Å². The molecule has 0 fully saturated rings. The van der Waals surface area contributed by atoms with Crippen LogP contribution in [0.15, 0.2) is 42.5 Å². The normalized spacial score (nSPS) is 20.7. The summed E-state index contributed by atoms with van der Waals surface area (Å²) in [5.74, 6) is -0.526. The van der Waals surface area contributed by atoms with Gasteiger partial charge in [0.25, 0.3) is 5.91 Å². The van der Waals surface area contributed by atoms with Crippen molar-refractivity contribution in [3.8, 4) is 5.75 Å². The summed E-state index contributed by atoms with van der Waals surface area (Å²) in [5.41, 5.74) is 0.318. The number of ether oxygens (including phenoxy) is 1. The maximum atomic E-state index is 13.1. The SMILES string of the molecule is CC(=O)c1ccc2c(c1)[C@@H](NC(=O)c1ccc(F)cc1)C(O)C(C)(C)O2. The van der Waals surface area contributed by atoms with E-state index in [0.717, 1.165) is 0 Å². The Hall–Kier alpha value is -2.73. The molecule has 0 radical (unpaired) electrons. The predicted molar refractivity (Wildman–Crippen MR) is 93.8 cm³/mol. The first-order valence-electron chi connectivity index (χ1n) is 8.27. The van der Waals surface area contributed by atoms with Gasteiger partial charge < -0.3 is 15.2 Å². The van der Waals surface area contributed by atoms with Crippen molar-refractivity contribution in [3.05, 3.63) is 65.0 Å². The molecule has 0 saturated heterocycles. The third-order valence-electron chi connectivity index (χ3n) is 4.55. The lowest BCUT2D eigenvalue weighted by atomic mass is 9.85. The Balaban J connectivity index is 1.99. The zero-order valence-electron chi connectivity index (χ0n) is 14.7. The number of carbonyl (C=O) groups excluding carboxylic acids is 2.